The van der Waals surface area contributed by atoms with Crippen molar-refractivity contribution >= 4 is 17.6 Å². The van der Waals surface area contributed by atoms with Gasteiger partial charge in [0, 0.05) is 5.69 Å². The molecule has 1 aliphatic carbocycles. The summed E-state index contributed by atoms with van der Waals surface area (Å²) in [5.74, 6) is -1.84. The van der Waals surface area contributed by atoms with E-state index in [9.17, 15) is 35.9 Å². The summed E-state index contributed by atoms with van der Waals surface area (Å²) >= 11 is 0. The molecule has 0 saturated heterocycles. The fourth-order valence-corrected chi connectivity index (χ4v) is 2.12. The number of esters is 1. The molecule has 1 amide bonds. The number of hydrogen-bond acceptors (Lipinski definition) is 3. The molecule has 4 nitrogen and oxygen atoms in total. The Morgan fingerprint density at radius 2 is 1.56 bits per heavy atom. The first-order valence-electron chi connectivity index (χ1n) is 7.14. The summed E-state index contributed by atoms with van der Waals surface area (Å²) < 4.78 is 80.9. The predicted molar refractivity (Wildman–Crippen MR) is 73.3 cm³/mol. The van der Waals surface area contributed by atoms with E-state index >= 15 is 0 Å². The average molecular weight is 369 g/mol. The summed E-state index contributed by atoms with van der Waals surface area (Å²) in [6.45, 7) is 1.01. The van der Waals surface area contributed by atoms with Gasteiger partial charge in [-0.3, -0.25) is 9.59 Å². The molecule has 0 aliphatic heterocycles. The highest BCUT2D eigenvalue weighted by molar-refractivity contribution is 5.93. The van der Waals surface area contributed by atoms with E-state index in [-0.39, 0.29) is 17.9 Å². The summed E-state index contributed by atoms with van der Waals surface area (Å²) in [5.41, 5.74) is -3.80. The summed E-state index contributed by atoms with van der Waals surface area (Å²) in [7, 11) is 0. The molecule has 138 valence electrons. The zero-order valence-electron chi connectivity index (χ0n) is 12.8. The maximum absolute atomic E-state index is 12.7. The molecule has 0 radical (unpaired) electrons. The second-order valence-corrected chi connectivity index (χ2v) is 5.77. The zero-order chi connectivity index (χ0) is 19.0. The number of halogens is 6. The molecule has 10 heteroatoms. The van der Waals surface area contributed by atoms with Gasteiger partial charge in [0.1, 0.15) is 0 Å². The Labute approximate surface area is 138 Å². The van der Waals surface area contributed by atoms with Gasteiger partial charge >= 0.3 is 18.3 Å². The van der Waals surface area contributed by atoms with Crippen molar-refractivity contribution in [2.45, 2.75) is 25.7 Å². The van der Waals surface area contributed by atoms with Crippen LogP contribution in [0.1, 0.15) is 24.5 Å². The fourth-order valence-electron chi connectivity index (χ4n) is 2.12. The van der Waals surface area contributed by atoms with Crippen molar-refractivity contribution in [3.63, 3.8) is 0 Å². The minimum atomic E-state index is -5.02. The van der Waals surface area contributed by atoms with E-state index in [0.717, 1.165) is 0 Å². The van der Waals surface area contributed by atoms with Crippen LogP contribution in [0.3, 0.4) is 0 Å². The van der Waals surface area contributed by atoms with E-state index in [1.165, 1.54) is 0 Å². The molecule has 25 heavy (non-hydrogen) atoms. The number of rotatable bonds is 4. The Morgan fingerprint density at radius 3 is 1.96 bits per heavy atom. The van der Waals surface area contributed by atoms with Crippen LogP contribution in [0, 0.1) is 11.8 Å². The monoisotopic (exact) mass is 369 g/mol. The highest BCUT2D eigenvalue weighted by Gasteiger charge is 2.41. The molecule has 2 rings (SSSR count). The standard InChI is InChI=1S/C15H13F6NO3/c1-7-2-11(7)13(24)25-6-12(23)22-10-4-8(14(16,17)18)3-9(5-10)15(19,20)21/h3-5,7,11H,2,6H2,1H3,(H,22,23)/t7-,11+/m0/s1. The number of nitrogens with one attached hydrogen (secondary N) is 1. The van der Waals surface area contributed by atoms with Gasteiger partial charge in [0.25, 0.3) is 5.91 Å². The predicted octanol–water partition coefficient (Wildman–Crippen LogP) is 3.86. The van der Waals surface area contributed by atoms with Crippen molar-refractivity contribution in [3.05, 3.63) is 29.3 Å². The van der Waals surface area contributed by atoms with Crippen LogP contribution in [0.15, 0.2) is 18.2 Å². The normalized spacial score (nSPS) is 20.1. The minimum Gasteiger partial charge on any atom is -0.455 e. The molecule has 0 aromatic heterocycles. The smallest absolute Gasteiger partial charge is 0.416 e. The third kappa shape index (κ3) is 5.10. The number of alkyl halides is 6. The molecule has 0 spiro atoms. The molecule has 0 heterocycles. The number of hydrogen-bond donors (Lipinski definition) is 1. The lowest BCUT2D eigenvalue weighted by Gasteiger charge is -2.14. The van der Waals surface area contributed by atoms with E-state index in [2.05, 4.69) is 4.74 Å². The second kappa shape index (κ2) is 6.57. The Hall–Kier alpha value is -2.26. The van der Waals surface area contributed by atoms with Crippen molar-refractivity contribution in [1.82, 2.24) is 0 Å². The first-order valence-corrected chi connectivity index (χ1v) is 7.14. The third-order valence-corrected chi connectivity index (χ3v) is 3.63. The highest BCUT2D eigenvalue weighted by Crippen LogP contribution is 2.39. The van der Waals surface area contributed by atoms with E-state index in [1.807, 2.05) is 5.32 Å². The third-order valence-electron chi connectivity index (χ3n) is 3.63. The lowest BCUT2D eigenvalue weighted by atomic mass is 10.1. The number of benzene rings is 1. The van der Waals surface area contributed by atoms with Crippen molar-refractivity contribution in [2.24, 2.45) is 11.8 Å². The summed E-state index contributed by atoms with van der Waals surface area (Å²) in [6, 6.07) is 0.694. The Kier molecular flexibility index (Phi) is 5.01. The van der Waals surface area contributed by atoms with Gasteiger partial charge in [-0.05, 0) is 30.5 Å². The topological polar surface area (TPSA) is 55.4 Å². The van der Waals surface area contributed by atoms with Crippen molar-refractivity contribution in [3.8, 4) is 0 Å². The van der Waals surface area contributed by atoms with Gasteiger partial charge in [0.15, 0.2) is 6.61 Å². The van der Waals surface area contributed by atoms with Crippen LogP contribution in [0.25, 0.3) is 0 Å². The zero-order valence-corrected chi connectivity index (χ0v) is 12.8. The lowest BCUT2D eigenvalue weighted by molar-refractivity contribution is -0.148. The molecule has 1 N–H and O–H groups in total. The maximum Gasteiger partial charge on any atom is 0.416 e. The molecule has 2 atom stereocenters. The molecule has 1 fully saturated rings. The summed E-state index contributed by atoms with van der Waals surface area (Å²) in [5, 5.41) is 1.88. The lowest BCUT2D eigenvalue weighted by Crippen LogP contribution is -2.22. The number of ether oxygens (including phenoxy) is 1. The largest absolute Gasteiger partial charge is 0.455 e. The van der Waals surface area contributed by atoms with Crippen LogP contribution in [-0.4, -0.2) is 18.5 Å². The molecular weight excluding hydrogens is 356 g/mol. The Balaban J connectivity index is 2.09. The van der Waals surface area contributed by atoms with Gasteiger partial charge in [-0.2, -0.15) is 26.3 Å². The molecule has 1 aliphatic rings. The van der Waals surface area contributed by atoms with Crippen molar-refractivity contribution in [1.29, 1.82) is 0 Å². The van der Waals surface area contributed by atoms with Gasteiger partial charge in [0.05, 0.1) is 17.0 Å². The van der Waals surface area contributed by atoms with Gasteiger partial charge in [-0.1, -0.05) is 6.92 Å². The Bertz CT molecular complexity index is 651. The molecular formula is C15H13F6NO3. The van der Waals surface area contributed by atoms with Crippen LogP contribution >= 0.6 is 0 Å². The van der Waals surface area contributed by atoms with E-state index < -0.39 is 47.7 Å². The van der Waals surface area contributed by atoms with Crippen LogP contribution in [0.2, 0.25) is 0 Å². The number of carbonyl (C=O) groups is 2. The average Bonchev–Trinajstić information content (AvgIpc) is 3.19. The van der Waals surface area contributed by atoms with Gasteiger partial charge in [-0.25, -0.2) is 0 Å². The van der Waals surface area contributed by atoms with Crippen LogP contribution < -0.4 is 5.32 Å². The number of amides is 1. The summed E-state index contributed by atoms with van der Waals surface area (Å²) in [4.78, 5) is 23.1. The quantitative estimate of drug-likeness (QED) is 0.648. The van der Waals surface area contributed by atoms with Gasteiger partial charge < -0.3 is 10.1 Å². The molecule has 1 aromatic rings. The van der Waals surface area contributed by atoms with E-state index in [0.29, 0.717) is 18.6 Å². The second-order valence-electron chi connectivity index (χ2n) is 5.77. The fraction of sp³-hybridized carbons (Fsp3) is 0.467. The van der Waals surface area contributed by atoms with Crippen LogP contribution in [0.5, 0.6) is 0 Å². The molecule has 1 saturated carbocycles. The summed E-state index contributed by atoms with van der Waals surface area (Å²) in [6.07, 6.45) is -9.42. The van der Waals surface area contributed by atoms with E-state index in [4.69, 9.17) is 0 Å². The molecule has 0 unspecified atom stereocenters. The van der Waals surface area contributed by atoms with Crippen molar-refractivity contribution in [2.75, 3.05) is 11.9 Å². The van der Waals surface area contributed by atoms with Gasteiger partial charge in [0.2, 0.25) is 0 Å². The number of carbonyl (C=O) groups excluding carboxylic acids is 2. The van der Waals surface area contributed by atoms with Crippen LogP contribution in [0.4, 0.5) is 32.0 Å². The number of anilines is 1. The van der Waals surface area contributed by atoms with Crippen molar-refractivity contribution < 1.29 is 40.7 Å². The first kappa shape index (κ1) is 19.1. The molecule has 0 bridgehead atoms. The minimum absolute atomic E-state index is 0.0514. The Morgan fingerprint density at radius 1 is 1.08 bits per heavy atom. The van der Waals surface area contributed by atoms with Crippen LogP contribution in [-0.2, 0) is 26.7 Å². The molecule has 1 aromatic carbocycles. The first-order chi connectivity index (χ1) is 11.4. The van der Waals surface area contributed by atoms with E-state index in [1.54, 1.807) is 6.92 Å². The SMILES string of the molecule is C[C@H]1C[C@H]1C(=O)OCC(=O)Nc1cc(C(F)(F)F)cc(C(F)(F)F)c1. The highest BCUT2D eigenvalue weighted by atomic mass is 19.4. The van der Waals surface area contributed by atoms with Gasteiger partial charge in [-0.15, -0.1) is 0 Å². The maximum atomic E-state index is 12.7.